The summed E-state index contributed by atoms with van der Waals surface area (Å²) in [7, 11) is 0. The van der Waals surface area contributed by atoms with Crippen molar-refractivity contribution in [2.45, 2.75) is 19.3 Å². The molecule has 0 N–H and O–H groups in total. The molecule has 18 heavy (non-hydrogen) atoms. The number of hydrogen-bond donors (Lipinski definition) is 0. The van der Waals surface area contributed by atoms with Crippen LogP contribution in [0.3, 0.4) is 0 Å². The molecule has 0 fully saturated rings. The van der Waals surface area contributed by atoms with Crippen LogP contribution in [0.25, 0.3) is 0 Å². The lowest BCUT2D eigenvalue weighted by Gasteiger charge is -2.17. The number of Topliss-reactive ketones (excluding diaryl/α,β-unsaturated/α-hetero) is 1. The molecule has 0 radical (unpaired) electrons. The van der Waals surface area contributed by atoms with Crippen molar-refractivity contribution in [2.75, 3.05) is 6.61 Å². The van der Waals surface area contributed by atoms with Crippen LogP contribution in [0.15, 0.2) is 18.2 Å². The maximum Gasteiger partial charge on any atom is 0.340 e. The summed E-state index contributed by atoms with van der Waals surface area (Å²) < 4.78 is 66.3. The van der Waals surface area contributed by atoms with Gasteiger partial charge in [0.25, 0.3) is 0 Å². The Balaban J connectivity index is 2.90. The quantitative estimate of drug-likeness (QED) is 0.605. The molecular formula is C11H9F5O2. The van der Waals surface area contributed by atoms with Gasteiger partial charge in [0.1, 0.15) is 11.6 Å². The van der Waals surface area contributed by atoms with Gasteiger partial charge < -0.3 is 4.74 Å². The predicted molar refractivity (Wildman–Crippen MR) is 52.9 cm³/mol. The van der Waals surface area contributed by atoms with E-state index >= 15 is 0 Å². The predicted octanol–water partition coefficient (Wildman–Crippen LogP) is 3.31. The van der Waals surface area contributed by atoms with Gasteiger partial charge in [-0.05, 0) is 19.1 Å². The van der Waals surface area contributed by atoms with E-state index in [9.17, 15) is 26.7 Å². The highest BCUT2D eigenvalue weighted by molar-refractivity contribution is 5.96. The van der Waals surface area contributed by atoms with Gasteiger partial charge in [-0.15, -0.1) is 0 Å². The summed E-state index contributed by atoms with van der Waals surface area (Å²) >= 11 is 0. The number of alkyl halides is 4. The molecule has 0 spiro atoms. The third kappa shape index (κ3) is 3.41. The highest BCUT2D eigenvalue weighted by atomic mass is 19.3. The Morgan fingerprint density at radius 3 is 2.50 bits per heavy atom. The number of halogens is 5. The molecule has 100 valence electrons. The van der Waals surface area contributed by atoms with Gasteiger partial charge in [-0.3, -0.25) is 4.79 Å². The maximum absolute atomic E-state index is 12.9. The highest BCUT2D eigenvalue weighted by Crippen LogP contribution is 2.26. The van der Waals surface area contributed by atoms with Gasteiger partial charge in [-0.2, -0.15) is 8.78 Å². The lowest BCUT2D eigenvalue weighted by atomic mass is 10.1. The van der Waals surface area contributed by atoms with E-state index in [0.29, 0.717) is 6.07 Å². The lowest BCUT2D eigenvalue weighted by Crippen LogP contribution is -2.34. The van der Waals surface area contributed by atoms with Crippen molar-refractivity contribution in [1.29, 1.82) is 0 Å². The Morgan fingerprint density at radius 2 is 2.00 bits per heavy atom. The molecule has 1 aromatic rings. The minimum Gasteiger partial charge on any atom is -0.486 e. The third-order valence-electron chi connectivity index (χ3n) is 2.06. The van der Waals surface area contributed by atoms with Gasteiger partial charge >= 0.3 is 12.3 Å². The number of carbonyl (C=O) groups is 1. The zero-order valence-electron chi connectivity index (χ0n) is 9.22. The zero-order valence-corrected chi connectivity index (χ0v) is 9.22. The van der Waals surface area contributed by atoms with Gasteiger partial charge in [0.05, 0.1) is 5.56 Å². The Labute approximate surface area is 99.4 Å². The Morgan fingerprint density at radius 1 is 1.39 bits per heavy atom. The molecule has 0 heterocycles. The summed E-state index contributed by atoms with van der Waals surface area (Å²) in [5.74, 6) is -6.22. The first kappa shape index (κ1) is 14.4. The van der Waals surface area contributed by atoms with E-state index in [2.05, 4.69) is 4.74 Å². The van der Waals surface area contributed by atoms with Crippen molar-refractivity contribution in [3.05, 3.63) is 29.6 Å². The first-order chi connectivity index (χ1) is 8.24. The summed E-state index contributed by atoms with van der Waals surface area (Å²) in [5, 5.41) is 0. The molecule has 0 aliphatic heterocycles. The van der Waals surface area contributed by atoms with E-state index in [-0.39, 0.29) is 5.56 Å². The number of ketones is 1. The average molecular weight is 268 g/mol. The molecule has 1 aromatic carbocycles. The molecule has 0 saturated carbocycles. The second kappa shape index (κ2) is 5.32. The molecule has 0 aliphatic carbocycles. The van der Waals surface area contributed by atoms with Crippen LogP contribution in [-0.2, 0) is 0 Å². The van der Waals surface area contributed by atoms with Crippen LogP contribution in [0.5, 0.6) is 5.75 Å². The molecule has 2 nitrogen and oxygen atoms in total. The van der Waals surface area contributed by atoms with Crippen LogP contribution in [0, 0.1) is 5.82 Å². The Kier molecular flexibility index (Phi) is 4.26. The van der Waals surface area contributed by atoms with Crippen LogP contribution in [0.4, 0.5) is 22.0 Å². The molecular weight excluding hydrogens is 259 g/mol. The maximum atomic E-state index is 12.9. The van der Waals surface area contributed by atoms with E-state index in [1.54, 1.807) is 0 Å². The average Bonchev–Trinajstić information content (AvgIpc) is 2.26. The van der Waals surface area contributed by atoms with Crippen molar-refractivity contribution < 1.29 is 31.5 Å². The van der Waals surface area contributed by atoms with Crippen molar-refractivity contribution in [3.8, 4) is 5.75 Å². The van der Waals surface area contributed by atoms with Gasteiger partial charge in [0.2, 0.25) is 0 Å². The molecule has 0 unspecified atom stereocenters. The minimum atomic E-state index is -4.36. The summed E-state index contributed by atoms with van der Waals surface area (Å²) in [4.78, 5) is 11.1. The van der Waals surface area contributed by atoms with E-state index < -0.39 is 36.3 Å². The minimum absolute atomic E-state index is 0.151. The molecule has 0 bridgehead atoms. The smallest absolute Gasteiger partial charge is 0.340 e. The van der Waals surface area contributed by atoms with E-state index in [1.165, 1.54) is 0 Å². The van der Waals surface area contributed by atoms with Gasteiger partial charge in [-0.25, -0.2) is 13.2 Å². The van der Waals surface area contributed by atoms with Crippen molar-refractivity contribution in [3.63, 3.8) is 0 Å². The number of rotatable bonds is 5. The fourth-order valence-electron chi connectivity index (χ4n) is 1.14. The van der Waals surface area contributed by atoms with Crippen LogP contribution in [-0.4, -0.2) is 24.7 Å². The second-order valence-corrected chi connectivity index (χ2v) is 3.55. The van der Waals surface area contributed by atoms with Crippen molar-refractivity contribution in [1.82, 2.24) is 0 Å². The second-order valence-electron chi connectivity index (χ2n) is 3.55. The summed E-state index contributed by atoms with van der Waals surface area (Å²) in [6.45, 7) is -0.514. The number of ether oxygens (including phenoxy) is 1. The van der Waals surface area contributed by atoms with Crippen LogP contribution in [0.1, 0.15) is 17.3 Å². The summed E-state index contributed by atoms with van der Waals surface area (Å²) in [5.41, 5.74) is -0.151. The van der Waals surface area contributed by atoms with Gasteiger partial charge in [0.15, 0.2) is 12.4 Å². The first-order valence-electron chi connectivity index (χ1n) is 4.83. The van der Waals surface area contributed by atoms with E-state index in [1.807, 2.05) is 0 Å². The molecule has 0 saturated heterocycles. The molecule has 0 aromatic heterocycles. The van der Waals surface area contributed by atoms with Crippen molar-refractivity contribution in [2.24, 2.45) is 0 Å². The number of carbonyl (C=O) groups excluding carboxylic acids is 1. The molecule has 7 heteroatoms. The lowest BCUT2D eigenvalue weighted by molar-refractivity contribution is -0.148. The monoisotopic (exact) mass is 268 g/mol. The highest BCUT2D eigenvalue weighted by Gasteiger charge is 2.41. The number of benzene rings is 1. The normalized spacial score (nSPS) is 11.7. The summed E-state index contributed by atoms with van der Waals surface area (Å²) in [6.07, 6.45) is -3.90. The standard InChI is InChI=1S/C11H9F5O2/c1-6(17)8-3-2-7(12)4-9(8)18-5-11(15,16)10(13)14/h2-4,10H,5H2,1H3. The summed E-state index contributed by atoms with van der Waals surface area (Å²) in [6, 6.07) is 2.67. The SMILES string of the molecule is CC(=O)c1ccc(F)cc1OCC(F)(F)C(F)F. The largest absolute Gasteiger partial charge is 0.486 e. The topological polar surface area (TPSA) is 26.3 Å². The van der Waals surface area contributed by atoms with Crippen LogP contribution in [0.2, 0.25) is 0 Å². The van der Waals surface area contributed by atoms with Crippen LogP contribution >= 0.6 is 0 Å². The van der Waals surface area contributed by atoms with E-state index in [4.69, 9.17) is 0 Å². The Hall–Kier alpha value is -1.66. The molecule has 0 amide bonds. The molecule has 0 aliphatic rings. The fraction of sp³-hybridized carbons (Fsp3) is 0.364. The van der Waals surface area contributed by atoms with Gasteiger partial charge in [0, 0.05) is 6.07 Å². The third-order valence-corrected chi connectivity index (χ3v) is 2.06. The number of hydrogen-bond acceptors (Lipinski definition) is 2. The zero-order chi connectivity index (χ0) is 13.9. The van der Waals surface area contributed by atoms with Gasteiger partial charge in [-0.1, -0.05) is 0 Å². The van der Waals surface area contributed by atoms with Crippen LogP contribution < -0.4 is 4.74 Å². The molecule has 1 rings (SSSR count). The Bertz CT molecular complexity index is 445. The van der Waals surface area contributed by atoms with Crippen molar-refractivity contribution >= 4 is 5.78 Å². The molecule has 0 atom stereocenters. The van der Waals surface area contributed by atoms with E-state index in [0.717, 1.165) is 19.1 Å². The first-order valence-corrected chi connectivity index (χ1v) is 4.83. The fourth-order valence-corrected chi connectivity index (χ4v) is 1.14.